The average Bonchev–Trinajstić information content (AvgIpc) is 2.33. The molecule has 0 bridgehead atoms. The second-order valence-electron chi connectivity index (χ2n) is 1.97. The molecule has 2 heteroatoms. The summed E-state index contributed by atoms with van der Waals surface area (Å²) in [7, 11) is 0. The molecule has 1 aliphatic rings. The molecule has 0 saturated heterocycles. The summed E-state index contributed by atoms with van der Waals surface area (Å²) in [6.07, 6.45) is 2.78. The van der Waals surface area contributed by atoms with Gasteiger partial charge in [0, 0.05) is 0 Å². The largest absolute Gasteiger partial charge is 0.441 e. The molecule has 0 aromatic heterocycles. The third-order valence-corrected chi connectivity index (χ3v) is 1.44. The van der Waals surface area contributed by atoms with Gasteiger partial charge in [0.2, 0.25) is 0 Å². The lowest BCUT2D eigenvalue weighted by atomic mass is 10.5. The summed E-state index contributed by atoms with van der Waals surface area (Å²) in [5.41, 5.74) is 0. The van der Waals surface area contributed by atoms with Crippen LogP contribution in [0.15, 0.2) is 12.8 Å². The minimum absolute atomic E-state index is 0.815. The molecular weight excluding hydrogens is 114 g/mol. The van der Waals surface area contributed by atoms with Crippen LogP contribution in [-0.2, 0) is 4.74 Å². The summed E-state index contributed by atoms with van der Waals surface area (Å²) >= 11 is 0. The number of ether oxygens (including phenoxy) is 1. The van der Waals surface area contributed by atoms with Gasteiger partial charge in [-0.05, 0) is 6.58 Å². The monoisotopic (exact) mass is 126 g/mol. The first-order chi connectivity index (χ1) is 4.38. The number of nitrogens with zero attached hydrogens (tertiary/aromatic N) is 1. The van der Waals surface area contributed by atoms with Crippen LogP contribution in [0.3, 0.4) is 0 Å². The molecule has 0 unspecified atom stereocenters. The Morgan fingerprint density at radius 1 is 1.89 bits per heavy atom. The van der Waals surface area contributed by atoms with E-state index in [9.17, 15) is 0 Å². The predicted molar refractivity (Wildman–Crippen MR) is 36.6 cm³/mol. The van der Waals surface area contributed by atoms with Crippen molar-refractivity contribution in [3.8, 4) is 0 Å². The van der Waals surface area contributed by atoms with E-state index in [-0.39, 0.29) is 0 Å². The van der Waals surface area contributed by atoms with Gasteiger partial charge in [-0.3, -0.25) is 0 Å². The Hall–Kier alpha value is -0.790. The first-order valence-electron chi connectivity index (χ1n) is 3.26. The van der Waals surface area contributed by atoms with Gasteiger partial charge in [-0.25, -0.2) is 0 Å². The smallest absolute Gasteiger partial charge is 0.341 e. The lowest BCUT2D eigenvalue weighted by Crippen LogP contribution is -2.07. The predicted octanol–water partition coefficient (Wildman–Crippen LogP) is 0.981. The first-order valence-corrected chi connectivity index (χ1v) is 3.26. The Kier molecular flexibility index (Phi) is 1.88. The molecule has 0 saturated carbocycles. The summed E-state index contributed by atoms with van der Waals surface area (Å²) < 4.78 is 7.32. The van der Waals surface area contributed by atoms with Gasteiger partial charge >= 0.3 is 5.90 Å². The fraction of sp³-hybridized carbons (Fsp3) is 0.571. The van der Waals surface area contributed by atoms with E-state index >= 15 is 0 Å². The van der Waals surface area contributed by atoms with Gasteiger partial charge in [-0.2, -0.15) is 4.58 Å². The summed E-state index contributed by atoms with van der Waals surface area (Å²) in [5, 5.41) is 0. The minimum atomic E-state index is 0.815. The van der Waals surface area contributed by atoms with Crippen LogP contribution in [0.5, 0.6) is 0 Å². The van der Waals surface area contributed by atoms with Crippen molar-refractivity contribution in [2.24, 2.45) is 0 Å². The Labute approximate surface area is 55.5 Å². The SMILES string of the molecule is C=C[N+]1=C(CC)OCC1. The highest BCUT2D eigenvalue weighted by Gasteiger charge is 2.18. The van der Waals surface area contributed by atoms with E-state index < -0.39 is 0 Å². The van der Waals surface area contributed by atoms with E-state index in [0.29, 0.717) is 0 Å². The highest BCUT2D eigenvalue weighted by molar-refractivity contribution is 5.71. The fourth-order valence-electron chi connectivity index (χ4n) is 0.968. The van der Waals surface area contributed by atoms with E-state index in [2.05, 4.69) is 13.5 Å². The number of rotatable bonds is 2. The van der Waals surface area contributed by atoms with Crippen LogP contribution in [0.25, 0.3) is 0 Å². The molecule has 0 N–H and O–H groups in total. The summed E-state index contributed by atoms with van der Waals surface area (Å²) in [4.78, 5) is 0. The lowest BCUT2D eigenvalue weighted by molar-refractivity contribution is -0.446. The second kappa shape index (κ2) is 2.67. The zero-order valence-electron chi connectivity index (χ0n) is 5.76. The molecule has 1 aliphatic heterocycles. The molecule has 0 radical (unpaired) electrons. The second-order valence-corrected chi connectivity index (χ2v) is 1.97. The zero-order valence-corrected chi connectivity index (χ0v) is 5.76. The van der Waals surface area contributed by atoms with Gasteiger partial charge < -0.3 is 4.74 Å². The van der Waals surface area contributed by atoms with Crippen LogP contribution in [0.1, 0.15) is 13.3 Å². The van der Waals surface area contributed by atoms with Gasteiger partial charge in [0.1, 0.15) is 0 Å². The van der Waals surface area contributed by atoms with E-state index in [1.54, 1.807) is 0 Å². The van der Waals surface area contributed by atoms with Gasteiger partial charge in [0.25, 0.3) is 0 Å². The van der Waals surface area contributed by atoms with Gasteiger partial charge in [-0.1, -0.05) is 6.92 Å². The molecular formula is C7H12NO+. The van der Waals surface area contributed by atoms with Crippen molar-refractivity contribution < 1.29 is 9.31 Å². The van der Waals surface area contributed by atoms with Crippen LogP contribution in [0.4, 0.5) is 0 Å². The quantitative estimate of drug-likeness (QED) is 0.502. The van der Waals surface area contributed by atoms with Crippen LogP contribution in [-0.4, -0.2) is 23.6 Å². The molecule has 1 heterocycles. The first kappa shape index (κ1) is 6.33. The maximum Gasteiger partial charge on any atom is 0.341 e. The van der Waals surface area contributed by atoms with Crippen LogP contribution in [0, 0.1) is 0 Å². The maximum atomic E-state index is 5.28. The highest BCUT2D eigenvalue weighted by atomic mass is 16.5. The molecule has 2 nitrogen and oxygen atoms in total. The molecule has 1 rings (SSSR count). The maximum absolute atomic E-state index is 5.28. The van der Waals surface area contributed by atoms with Crippen LogP contribution in [0.2, 0.25) is 0 Å². The molecule has 0 aromatic rings. The third kappa shape index (κ3) is 1.12. The van der Waals surface area contributed by atoms with Crippen molar-refractivity contribution in [2.75, 3.05) is 13.2 Å². The lowest BCUT2D eigenvalue weighted by Gasteiger charge is -1.88. The normalized spacial score (nSPS) is 17.9. The number of hydrogen-bond donors (Lipinski definition) is 0. The van der Waals surface area contributed by atoms with Gasteiger partial charge in [0.15, 0.2) is 19.4 Å². The molecule has 0 aliphatic carbocycles. The minimum Gasteiger partial charge on any atom is -0.441 e. The molecule has 0 atom stereocenters. The molecule has 0 amide bonds. The number of hydrogen-bond acceptors (Lipinski definition) is 1. The summed E-state index contributed by atoms with van der Waals surface area (Å²) in [5.74, 6) is 1.05. The molecule has 0 spiro atoms. The third-order valence-electron chi connectivity index (χ3n) is 1.44. The highest BCUT2D eigenvalue weighted by Crippen LogP contribution is 1.97. The van der Waals surface area contributed by atoms with Crippen molar-refractivity contribution in [1.82, 2.24) is 0 Å². The average molecular weight is 126 g/mol. The summed E-state index contributed by atoms with van der Waals surface area (Å²) in [6, 6.07) is 0. The van der Waals surface area contributed by atoms with Crippen molar-refractivity contribution in [2.45, 2.75) is 13.3 Å². The molecule has 9 heavy (non-hydrogen) atoms. The van der Waals surface area contributed by atoms with Crippen molar-refractivity contribution in [3.05, 3.63) is 12.8 Å². The van der Waals surface area contributed by atoms with Gasteiger partial charge in [0.05, 0.1) is 6.42 Å². The molecule has 50 valence electrons. The van der Waals surface area contributed by atoms with E-state index in [4.69, 9.17) is 4.74 Å². The topological polar surface area (TPSA) is 12.2 Å². The van der Waals surface area contributed by atoms with Gasteiger partial charge in [-0.15, -0.1) is 0 Å². The van der Waals surface area contributed by atoms with E-state index in [1.807, 2.05) is 10.8 Å². The fourth-order valence-corrected chi connectivity index (χ4v) is 0.968. The van der Waals surface area contributed by atoms with Crippen LogP contribution < -0.4 is 0 Å². The Morgan fingerprint density at radius 3 is 3.11 bits per heavy atom. The standard InChI is InChI=1S/C7H12NO/c1-3-7-8(4-2)5-6-9-7/h4H,2-3,5-6H2,1H3/q+1. The summed E-state index contributed by atoms with van der Waals surface area (Å²) in [6.45, 7) is 7.53. The molecule has 0 fully saturated rings. The molecule has 0 aromatic carbocycles. The van der Waals surface area contributed by atoms with Crippen molar-refractivity contribution in [3.63, 3.8) is 0 Å². The Balaban J connectivity index is 2.69. The van der Waals surface area contributed by atoms with Crippen molar-refractivity contribution in [1.29, 1.82) is 0 Å². The van der Waals surface area contributed by atoms with Crippen LogP contribution >= 0.6 is 0 Å². The van der Waals surface area contributed by atoms with Crippen molar-refractivity contribution >= 4 is 5.90 Å². The van der Waals surface area contributed by atoms with E-state index in [0.717, 1.165) is 25.5 Å². The van der Waals surface area contributed by atoms with E-state index in [1.165, 1.54) is 0 Å². The zero-order chi connectivity index (χ0) is 6.69. The Morgan fingerprint density at radius 2 is 2.67 bits per heavy atom. The Bertz CT molecular complexity index is 149.